The largest absolute Gasteiger partial charge is 0.494 e. The molecule has 1 aliphatic carbocycles. The molecule has 182 valence electrons. The Morgan fingerprint density at radius 2 is 2.06 bits per heavy atom. The van der Waals surface area contributed by atoms with Crippen LogP contribution in [0.25, 0.3) is 0 Å². The molecule has 2 amide bonds. The maximum atomic E-state index is 13.3. The predicted octanol–water partition coefficient (Wildman–Crippen LogP) is 4.74. The smallest absolute Gasteiger partial charge is 0.410 e. The van der Waals surface area contributed by atoms with E-state index in [9.17, 15) is 14.4 Å². The fourth-order valence-corrected chi connectivity index (χ4v) is 4.62. The zero-order chi connectivity index (χ0) is 24.3. The van der Waals surface area contributed by atoms with E-state index in [-0.39, 0.29) is 37.2 Å². The van der Waals surface area contributed by atoms with E-state index < -0.39 is 17.7 Å². The number of likely N-dealkylation sites (tertiary alicyclic amines) is 1. The van der Waals surface area contributed by atoms with E-state index in [1.54, 1.807) is 22.0 Å². The van der Waals surface area contributed by atoms with Crippen LogP contribution < -0.4 is 0 Å². The van der Waals surface area contributed by atoms with Gasteiger partial charge >= 0.3 is 12.1 Å². The van der Waals surface area contributed by atoms with Crippen molar-refractivity contribution in [2.45, 2.75) is 64.6 Å². The maximum absolute atomic E-state index is 13.3. The molecule has 1 N–H and O–H groups in total. The number of rotatable bonds is 5. The molecule has 0 spiro atoms. The van der Waals surface area contributed by atoms with Gasteiger partial charge in [-0.1, -0.05) is 11.6 Å². The maximum Gasteiger partial charge on any atom is 0.410 e. The molecule has 0 saturated carbocycles. The third-order valence-electron chi connectivity index (χ3n) is 5.59. The number of halogens is 2. The molecule has 0 radical (unpaired) electrons. The number of carbonyl (C=O) groups is 3. The van der Waals surface area contributed by atoms with Crippen LogP contribution in [0.1, 0.15) is 52.9 Å². The number of hydrogen-bond donors (Lipinski definition) is 1. The molecule has 2 saturated heterocycles. The summed E-state index contributed by atoms with van der Waals surface area (Å²) in [5.41, 5.74) is 0.154. The number of hydrogen-bond acceptors (Lipinski definition) is 5. The summed E-state index contributed by atoms with van der Waals surface area (Å²) in [5, 5.41) is 9.52. The van der Waals surface area contributed by atoms with Gasteiger partial charge in [-0.05, 0) is 67.6 Å². The van der Waals surface area contributed by atoms with Crippen LogP contribution in [-0.2, 0) is 19.1 Å². The van der Waals surface area contributed by atoms with Gasteiger partial charge in [0.25, 0.3) is 0 Å². The number of carboxylic acids is 1. The Kier molecular flexibility index (Phi) is 8.16. The third kappa shape index (κ3) is 7.24. The quantitative estimate of drug-likeness (QED) is 0.536. The van der Waals surface area contributed by atoms with Gasteiger partial charge in [0.2, 0.25) is 5.91 Å². The Morgan fingerprint density at radius 1 is 1.33 bits per heavy atom. The number of fused-ring (bicyclic) bond motifs is 2. The Morgan fingerprint density at radius 3 is 2.73 bits per heavy atom. The highest BCUT2D eigenvalue weighted by atomic mass is 79.9. The zero-order valence-corrected chi connectivity index (χ0v) is 21.4. The summed E-state index contributed by atoms with van der Waals surface area (Å²) >= 11 is 9.85. The van der Waals surface area contributed by atoms with Crippen LogP contribution in [0, 0.1) is 5.92 Å². The van der Waals surface area contributed by atoms with Crippen LogP contribution in [0.2, 0.25) is 0 Å². The molecule has 2 heterocycles. The first-order valence-corrected chi connectivity index (χ1v) is 12.2. The van der Waals surface area contributed by atoms with Crippen molar-refractivity contribution >= 4 is 45.5 Å². The van der Waals surface area contributed by atoms with Crippen LogP contribution in [0.15, 0.2) is 33.1 Å². The van der Waals surface area contributed by atoms with Crippen molar-refractivity contribution in [1.29, 1.82) is 0 Å². The normalized spacial score (nSPS) is 23.8. The van der Waals surface area contributed by atoms with E-state index in [1.165, 1.54) is 0 Å². The van der Waals surface area contributed by atoms with Gasteiger partial charge in [0.05, 0.1) is 11.5 Å². The van der Waals surface area contributed by atoms with Crippen LogP contribution >= 0.6 is 27.5 Å². The van der Waals surface area contributed by atoms with Gasteiger partial charge in [0, 0.05) is 42.7 Å². The standard InChI is InChI=1S/C23H30BrClN2O6/c1-23(2,3)33-22(31)26-7-6-14(12-26)13-27-15-8-17(10-18(24)19(25)9-15)32-16(11-20(27)28)4-5-21(29)30/h9-10,14,16H,4-8,11-13H2,1-3H3,(H,29,30). The summed E-state index contributed by atoms with van der Waals surface area (Å²) in [4.78, 5) is 40.2. The highest BCUT2D eigenvalue weighted by Crippen LogP contribution is 2.35. The fraction of sp³-hybridized carbons (Fsp3) is 0.609. The number of amides is 2. The number of aliphatic carboxylic acids is 1. The van der Waals surface area contributed by atoms with Gasteiger partial charge in [0.15, 0.2) is 0 Å². The van der Waals surface area contributed by atoms with Crippen LogP contribution in [0.4, 0.5) is 4.79 Å². The number of allylic oxidation sites excluding steroid dienone is 4. The second kappa shape index (κ2) is 10.5. The van der Waals surface area contributed by atoms with E-state index >= 15 is 0 Å². The first-order valence-electron chi connectivity index (χ1n) is 11.0. The molecule has 2 aliphatic heterocycles. The fourth-order valence-electron chi connectivity index (χ4n) is 4.07. The molecule has 10 heteroatoms. The van der Waals surface area contributed by atoms with Crippen molar-refractivity contribution in [3.8, 4) is 0 Å². The lowest BCUT2D eigenvalue weighted by atomic mass is 10.0. The zero-order valence-electron chi connectivity index (χ0n) is 19.1. The van der Waals surface area contributed by atoms with Gasteiger partial charge in [-0.25, -0.2) is 4.79 Å². The Balaban J connectivity index is 1.77. The highest BCUT2D eigenvalue weighted by Gasteiger charge is 2.35. The SMILES string of the molecule is CC(C)(C)OC(=O)N1CCC(CN2C(=O)CC(CCC(=O)O)OC3=CC(Br)=C(Cl)C=C2C3)C1. The first kappa shape index (κ1) is 25.6. The Bertz CT molecular complexity index is 907. The Hall–Kier alpha value is -2.00. The van der Waals surface area contributed by atoms with E-state index in [2.05, 4.69) is 15.9 Å². The number of carbonyl (C=O) groups excluding carboxylic acids is 2. The van der Waals surface area contributed by atoms with Crippen molar-refractivity contribution in [1.82, 2.24) is 9.80 Å². The molecule has 3 rings (SSSR count). The molecule has 2 bridgehead atoms. The molecular formula is C23H30BrClN2O6. The van der Waals surface area contributed by atoms with Gasteiger partial charge < -0.3 is 24.4 Å². The summed E-state index contributed by atoms with van der Waals surface area (Å²) in [7, 11) is 0. The van der Waals surface area contributed by atoms with Crippen LogP contribution in [0.3, 0.4) is 0 Å². The van der Waals surface area contributed by atoms with Crippen molar-refractivity contribution in [3.63, 3.8) is 0 Å². The lowest BCUT2D eigenvalue weighted by Crippen LogP contribution is -2.40. The second-order valence-corrected chi connectivity index (χ2v) is 10.8. The van der Waals surface area contributed by atoms with Gasteiger partial charge in [-0.3, -0.25) is 9.59 Å². The molecule has 8 nitrogen and oxygen atoms in total. The third-order valence-corrected chi connectivity index (χ3v) is 6.79. The van der Waals surface area contributed by atoms with Gasteiger partial charge in [-0.2, -0.15) is 0 Å². The lowest BCUT2D eigenvalue weighted by Gasteiger charge is -2.33. The summed E-state index contributed by atoms with van der Waals surface area (Å²) < 4.78 is 12.1. The summed E-state index contributed by atoms with van der Waals surface area (Å²) in [5.74, 6) is -0.368. The molecule has 2 fully saturated rings. The van der Waals surface area contributed by atoms with Crippen molar-refractivity contribution in [2.24, 2.45) is 5.92 Å². The predicted molar refractivity (Wildman–Crippen MR) is 127 cm³/mol. The van der Waals surface area contributed by atoms with Gasteiger partial charge in [0.1, 0.15) is 17.5 Å². The van der Waals surface area contributed by atoms with Crippen molar-refractivity contribution < 1.29 is 29.0 Å². The lowest BCUT2D eigenvalue weighted by molar-refractivity contribution is -0.139. The van der Waals surface area contributed by atoms with E-state index in [0.29, 0.717) is 41.3 Å². The average Bonchev–Trinajstić information content (AvgIpc) is 3.10. The minimum Gasteiger partial charge on any atom is -0.494 e. The van der Waals surface area contributed by atoms with E-state index in [4.69, 9.17) is 26.2 Å². The van der Waals surface area contributed by atoms with E-state index in [0.717, 1.165) is 12.1 Å². The first-order chi connectivity index (χ1) is 15.4. The summed E-state index contributed by atoms with van der Waals surface area (Å²) in [6.07, 6.45) is 3.98. The summed E-state index contributed by atoms with van der Waals surface area (Å²) in [6.45, 7) is 7.01. The van der Waals surface area contributed by atoms with Crippen molar-refractivity contribution in [3.05, 3.63) is 33.1 Å². The van der Waals surface area contributed by atoms with Crippen molar-refractivity contribution in [2.75, 3.05) is 19.6 Å². The molecule has 0 aromatic heterocycles. The molecule has 33 heavy (non-hydrogen) atoms. The number of nitrogens with zero attached hydrogens (tertiary/aromatic N) is 2. The molecular weight excluding hydrogens is 516 g/mol. The van der Waals surface area contributed by atoms with Gasteiger partial charge in [-0.15, -0.1) is 0 Å². The van der Waals surface area contributed by atoms with Crippen LogP contribution in [0.5, 0.6) is 0 Å². The molecule has 2 atom stereocenters. The van der Waals surface area contributed by atoms with Crippen LogP contribution in [-0.4, -0.2) is 64.2 Å². The molecule has 2 unspecified atom stereocenters. The average molecular weight is 546 g/mol. The minimum absolute atomic E-state index is 0.0691. The second-order valence-electron chi connectivity index (χ2n) is 9.58. The number of carboxylic acid groups (broad SMARTS) is 1. The van der Waals surface area contributed by atoms with E-state index in [1.807, 2.05) is 20.8 Å². The minimum atomic E-state index is -0.933. The molecule has 0 aromatic rings. The Labute approximate surface area is 207 Å². The summed E-state index contributed by atoms with van der Waals surface area (Å²) in [6, 6.07) is 0. The topological polar surface area (TPSA) is 96.4 Å². The molecule has 3 aliphatic rings. The monoisotopic (exact) mass is 544 g/mol. The number of ether oxygens (including phenoxy) is 2. The molecule has 0 aromatic carbocycles. The highest BCUT2D eigenvalue weighted by molar-refractivity contribution is 9.12.